The molecule has 0 aromatic heterocycles. The van der Waals surface area contributed by atoms with Crippen LogP contribution in [0.25, 0.3) is 0 Å². The zero-order valence-corrected chi connectivity index (χ0v) is 20.2. The number of aliphatic hydroxyl groups excluding tert-OH is 1. The van der Waals surface area contributed by atoms with Crippen LogP contribution in [0.15, 0.2) is 12.1 Å². The first-order valence-corrected chi connectivity index (χ1v) is 12.3. The minimum atomic E-state index is -3.50. The molecule has 0 spiro atoms. The van der Waals surface area contributed by atoms with Crippen molar-refractivity contribution < 1.29 is 23.0 Å². The van der Waals surface area contributed by atoms with Crippen LogP contribution < -0.4 is 4.74 Å². The second kappa shape index (κ2) is 8.08. The Morgan fingerprint density at radius 2 is 1.60 bits per heavy atom. The second-order valence-corrected chi connectivity index (χ2v) is 12.8. The Hall–Kier alpha value is -1.15. The van der Waals surface area contributed by atoms with Crippen molar-refractivity contribution in [2.45, 2.75) is 89.0 Å². The topological polar surface area (TPSA) is 76.1 Å². The largest absolute Gasteiger partial charge is 0.467 e. The van der Waals surface area contributed by atoms with E-state index in [0.29, 0.717) is 18.5 Å². The van der Waals surface area contributed by atoms with Gasteiger partial charge in [-0.05, 0) is 47.8 Å². The Morgan fingerprint density at radius 1 is 1.07 bits per heavy atom. The molecule has 0 amide bonds. The van der Waals surface area contributed by atoms with Gasteiger partial charge in [-0.3, -0.25) is 0 Å². The van der Waals surface area contributed by atoms with Gasteiger partial charge in [-0.1, -0.05) is 41.5 Å². The number of nitrogens with zero attached hydrogens (tertiary/aromatic N) is 1. The molecule has 3 rings (SSSR count). The molecule has 1 N–H and O–H groups in total. The molecule has 2 fully saturated rings. The van der Waals surface area contributed by atoms with Crippen molar-refractivity contribution >= 4 is 10.0 Å². The highest BCUT2D eigenvalue weighted by molar-refractivity contribution is 7.90. The number of methoxy groups -OCH3 is 1. The maximum Gasteiger partial charge on any atom is 0.220 e. The van der Waals surface area contributed by atoms with Crippen molar-refractivity contribution in [1.29, 1.82) is 0 Å². The summed E-state index contributed by atoms with van der Waals surface area (Å²) in [5.74, 6) is 0.752. The molecule has 1 saturated carbocycles. The SMILES string of the molecule is COCOc1c(C(C)(C)C)cc(C(O)C2CCN(C3CC3)S2(=O)=O)cc1C(C)(C)C. The lowest BCUT2D eigenvalue weighted by Gasteiger charge is -2.32. The smallest absolute Gasteiger partial charge is 0.220 e. The van der Waals surface area contributed by atoms with Gasteiger partial charge in [0.2, 0.25) is 10.0 Å². The summed E-state index contributed by atoms with van der Waals surface area (Å²) < 4.78 is 38.9. The zero-order valence-electron chi connectivity index (χ0n) is 19.4. The minimum Gasteiger partial charge on any atom is -0.467 e. The van der Waals surface area contributed by atoms with E-state index in [1.165, 1.54) is 0 Å². The molecule has 1 aliphatic heterocycles. The van der Waals surface area contributed by atoms with E-state index >= 15 is 0 Å². The molecule has 170 valence electrons. The maximum absolute atomic E-state index is 13.1. The summed E-state index contributed by atoms with van der Waals surface area (Å²) in [5, 5.41) is 10.5. The maximum atomic E-state index is 13.1. The van der Waals surface area contributed by atoms with Crippen LogP contribution >= 0.6 is 0 Å². The minimum absolute atomic E-state index is 0.126. The molecule has 2 atom stereocenters. The van der Waals surface area contributed by atoms with Crippen LogP contribution in [-0.4, -0.2) is 49.6 Å². The molecule has 0 radical (unpaired) electrons. The van der Waals surface area contributed by atoms with Gasteiger partial charge in [-0.25, -0.2) is 8.42 Å². The van der Waals surface area contributed by atoms with Crippen molar-refractivity contribution in [3.8, 4) is 5.75 Å². The highest BCUT2D eigenvalue weighted by atomic mass is 32.2. The normalized spacial score (nSPS) is 23.5. The van der Waals surface area contributed by atoms with E-state index in [1.54, 1.807) is 11.4 Å². The molecule has 30 heavy (non-hydrogen) atoms. The Labute approximate surface area is 181 Å². The van der Waals surface area contributed by atoms with E-state index in [1.807, 2.05) is 12.1 Å². The van der Waals surface area contributed by atoms with Crippen LogP contribution in [0.5, 0.6) is 5.75 Å². The number of benzene rings is 1. The lowest BCUT2D eigenvalue weighted by molar-refractivity contribution is 0.0483. The van der Waals surface area contributed by atoms with E-state index in [2.05, 4.69) is 41.5 Å². The van der Waals surface area contributed by atoms with Gasteiger partial charge in [0.05, 0.1) is 6.10 Å². The summed E-state index contributed by atoms with van der Waals surface area (Å²) in [5.41, 5.74) is 2.01. The van der Waals surface area contributed by atoms with Gasteiger partial charge in [-0.2, -0.15) is 4.31 Å². The van der Waals surface area contributed by atoms with Crippen molar-refractivity contribution in [2.75, 3.05) is 20.4 Å². The summed E-state index contributed by atoms with van der Waals surface area (Å²) in [7, 11) is -1.92. The molecule has 2 unspecified atom stereocenters. The van der Waals surface area contributed by atoms with Crippen LogP contribution in [0.2, 0.25) is 0 Å². The number of sulfonamides is 1. The van der Waals surface area contributed by atoms with Gasteiger partial charge in [0, 0.05) is 30.8 Å². The lowest BCUT2D eigenvalue weighted by Crippen LogP contribution is -2.34. The first-order chi connectivity index (χ1) is 13.8. The monoisotopic (exact) mass is 439 g/mol. The summed E-state index contributed by atoms with van der Waals surface area (Å²) in [6, 6.07) is 3.97. The molecule has 0 bridgehead atoms. The molecule has 1 aliphatic carbocycles. The fraction of sp³-hybridized carbons (Fsp3) is 0.739. The van der Waals surface area contributed by atoms with Gasteiger partial charge in [-0.15, -0.1) is 0 Å². The van der Waals surface area contributed by atoms with Gasteiger partial charge >= 0.3 is 0 Å². The number of aliphatic hydroxyl groups is 1. The van der Waals surface area contributed by atoms with E-state index in [0.717, 1.165) is 29.7 Å². The second-order valence-electron chi connectivity index (χ2n) is 10.7. The van der Waals surface area contributed by atoms with Crippen molar-refractivity contribution in [3.63, 3.8) is 0 Å². The molecular weight excluding hydrogens is 402 g/mol. The average molecular weight is 440 g/mol. The zero-order chi connectivity index (χ0) is 22.5. The third-order valence-corrected chi connectivity index (χ3v) is 8.43. The van der Waals surface area contributed by atoms with Crippen LogP contribution in [0.3, 0.4) is 0 Å². The molecule has 7 heteroatoms. The lowest BCUT2D eigenvalue weighted by atomic mass is 9.77. The highest BCUT2D eigenvalue weighted by Crippen LogP contribution is 2.44. The van der Waals surface area contributed by atoms with E-state index in [9.17, 15) is 13.5 Å². The predicted octanol–water partition coefficient (Wildman–Crippen LogP) is 3.86. The van der Waals surface area contributed by atoms with Gasteiger partial charge < -0.3 is 14.6 Å². The van der Waals surface area contributed by atoms with Gasteiger partial charge in [0.25, 0.3) is 0 Å². The van der Waals surface area contributed by atoms with Gasteiger partial charge in [0.1, 0.15) is 11.0 Å². The summed E-state index contributed by atoms with van der Waals surface area (Å²) in [6.07, 6.45) is 1.24. The van der Waals surface area contributed by atoms with Crippen LogP contribution in [0, 0.1) is 0 Å². The fourth-order valence-corrected chi connectivity index (χ4v) is 6.42. The Bertz CT molecular complexity index is 843. The summed E-state index contributed by atoms with van der Waals surface area (Å²) >= 11 is 0. The van der Waals surface area contributed by atoms with Crippen molar-refractivity contribution in [2.24, 2.45) is 0 Å². The molecular formula is C23H37NO5S. The van der Waals surface area contributed by atoms with E-state index in [4.69, 9.17) is 9.47 Å². The molecule has 1 heterocycles. The number of hydrogen-bond acceptors (Lipinski definition) is 5. The Morgan fingerprint density at radius 3 is 2.03 bits per heavy atom. The summed E-state index contributed by atoms with van der Waals surface area (Å²) in [4.78, 5) is 0. The third kappa shape index (κ3) is 4.54. The first-order valence-electron chi connectivity index (χ1n) is 10.8. The molecule has 1 saturated heterocycles. The molecule has 1 aromatic carbocycles. The fourth-order valence-electron chi connectivity index (χ4n) is 4.20. The highest BCUT2D eigenvalue weighted by Gasteiger charge is 2.49. The van der Waals surface area contributed by atoms with Crippen LogP contribution in [-0.2, 0) is 25.6 Å². The average Bonchev–Trinajstić information content (AvgIpc) is 3.40. The van der Waals surface area contributed by atoms with Crippen LogP contribution in [0.4, 0.5) is 0 Å². The quantitative estimate of drug-likeness (QED) is 0.681. The standard InChI is InChI=1S/C23H37NO5S/c1-22(2,3)17-12-15(13-18(23(4,5)6)21(17)29-14-28-7)20(25)19-10-11-24(16-8-9-16)30(19,26)27/h12-13,16,19-20,25H,8-11,14H2,1-7H3. The van der Waals surface area contributed by atoms with Gasteiger partial charge in [0.15, 0.2) is 6.79 Å². The Kier molecular flexibility index (Phi) is 6.33. The number of hydrogen-bond donors (Lipinski definition) is 1. The third-order valence-electron chi connectivity index (χ3n) is 6.04. The predicted molar refractivity (Wildman–Crippen MR) is 118 cm³/mol. The van der Waals surface area contributed by atoms with Crippen molar-refractivity contribution in [1.82, 2.24) is 4.31 Å². The number of ether oxygens (including phenoxy) is 2. The molecule has 6 nitrogen and oxygen atoms in total. The Balaban J connectivity index is 2.08. The van der Waals surface area contributed by atoms with E-state index in [-0.39, 0.29) is 23.7 Å². The first kappa shape index (κ1) is 23.5. The van der Waals surface area contributed by atoms with E-state index < -0.39 is 21.4 Å². The molecule has 1 aromatic rings. The molecule has 2 aliphatic rings. The summed E-state index contributed by atoms with van der Waals surface area (Å²) in [6.45, 7) is 13.2. The number of rotatable bonds is 6. The van der Waals surface area contributed by atoms with Crippen molar-refractivity contribution in [3.05, 3.63) is 28.8 Å². The van der Waals surface area contributed by atoms with Crippen LogP contribution in [0.1, 0.15) is 83.6 Å².